The van der Waals surface area contributed by atoms with Crippen LogP contribution in [0.15, 0.2) is 60.7 Å². The number of carbonyl (C=O) groups is 1. The number of ether oxygens (including phenoxy) is 5. The highest BCUT2D eigenvalue weighted by Crippen LogP contribution is 2.38. The Kier molecular flexibility index (Phi) is 7.97. The highest BCUT2D eigenvalue weighted by atomic mass is 16.5. The molecular weight excluding hydrogens is 408 g/mol. The Morgan fingerprint density at radius 2 is 1.34 bits per heavy atom. The number of hydrogen-bond acceptors (Lipinski definition) is 6. The van der Waals surface area contributed by atoms with E-state index in [4.69, 9.17) is 23.7 Å². The first-order chi connectivity index (χ1) is 15.6. The molecule has 0 heterocycles. The molecule has 0 atom stereocenters. The first kappa shape index (κ1) is 23.0. The second kappa shape index (κ2) is 11.1. The zero-order chi connectivity index (χ0) is 22.9. The Balaban J connectivity index is 1.72. The van der Waals surface area contributed by atoms with Gasteiger partial charge in [-0.05, 0) is 47.9 Å². The largest absolute Gasteiger partial charge is 0.493 e. The number of methoxy groups -OCH3 is 4. The molecule has 0 N–H and O–H groups in total. The van der Waals surface area contributed by atoms with E-state index in [0.717, 1.165) is 11.1 Å². The Morgan fingerprint density at radius 3 is 1.94 bits per heavy atom. The van der Waals surface area contributed by atoms with Crippen molar-refractivity contribution in [3.05, 3.63) is 77.4 Å². The van der Waals surface area contributed by atoms with Crippen LogP contribution >= 0.6 is 0 Å². The summed E-state index contributed by atoms with van der Waals surface area (Å²) in [6.07, 6.45) is 0.852. The zero-order valence-corrected chi connectivity index (χ0v) is 18.8. The minimum atomic E-state index is 0.00552. The summed E-state index contributed by atoms with van der Waals surface area (Å²) in [6.45, 7) is 0.389. The third-order valence-corrected chi connectivity index (χ3v) is 5.09. The van der Waals surface area contributed by atoms with E-state index in [9.17, 15) is 4.79 Å². The molecule has 0 aliphatic rings. The molecule has 6 nitrogen and oxygen atoms in total. The summed E-state index contributed by atoms with van der Waals surface area (Å²) in [4.78, 5) is 12.9. The maximum Gasteiger partial charge on any atom is 0.203 e. The normalized spacial score (nSPS) is 10.4. The van der Waals surface area contributed by atoms with E-state index in [1.165, 1.54) is 0 Å². The molecule has 0 aromatic heterocycles. The van der Waals surface area contributed by atoms with Crippen molar-refractivity contribution < 1.29 is 28.5 Å². The Labute approximate surface area is 188 Å². The second-order valence-corrected chi connectivity index (χ2v) is 7.10. The predicted molar refractivity (Wildman–Crippen MR) is 123 cm³/mol. The zero-order valence-electron chi connectivity index (χ0n) is 18.8. The molecule has 3 rings (SSSR count). The van der Waals surface area contributed by atoms with E-state index in [2.05, 4.69) is 0 Å². The Hall–Kier alpha value is -3.67. The number of rotatable bonds is 11. The summed E-state index contributed by atoms with van der Waals surface area (Å²) in [5, 5.41) is 0. The molecule has 0 fully saturated rings. The fraction of sp³-hybridized carbons (Fsp3) is 0.269. The molecule has 0 bridgehead atoms. The topological polar surface area (TPSA) is 63.2 Å². The van der Waals surface area contributed by atoms with Gasteiger partial charge in [0.2, 0.25) is 5.75 Å². The van der Waals surface area contributed by atoms with Crippen LogP contribution in [0.2, 0.25) is 0 Å². The van der Waals surface area contributed by atoms with E-state index in [1.54, 1.807) is 46.6 Å². The lowest BCUT2D eigenvalue weighted by Gasteiger charge is -2.14. The van der Waals surface area contributed by atoms with Crippen molar-refractivity contribution in [1.29, 1.82) is 0 Å². The number of ketones is 1. The monoisotopic (exact) mass is 436 g/mol. The summed E-state index contributed by atoms with van der Waals surface area (Å²) in [5.41, 5.74) is 2.52. The summed E-state index contributed by atoms with van der Waals surface area (Å²) >= 11 is 0. The van der Waals surface area contributed by atoms with Crippen LogP contribution in [-0.2, 0) is 13.0 Å². The number of hydrogen-bond donors (Lipinski definition) is 0. The van der Waals surface area contributed by atoms with E-state index >= 15 is 0 Å². The number of Topliss-reactive ketones (excluding diaryl/α,β-unsaturated/α-hetero) is 1. The number of carbonyl (C=O) groups excluding carboxylic acids is 1. The molecular formula is C26H28O6. The van der Waals surface area contributed by atoms with Crippen molar-refractivity contribution in [2.75, 3.05) is 28.4 Å². The van der Waals surface area contributed by atoms with Gasteiger partial charge < -0.3 is 23.7 Å². The van der Waals surface area contributed by atoms with Crippen LogP contribution in [0.5, 0.6) is 28.7 Å². The molecule has 0 saturated heterocycles. The minimum absolute atomic E-state index is 0.00552. The summed E-state index contributed by atoms with van der Waals surface area (Å²) in [6, 6.07) is 18.8. The summed E-state index contributed by atoms with van der Waals surface area (Å²) in [5.74, 6) is 2.79. The van der Waals surface area contributed by atoms with E-state index in [-0.39, 0.29) is 5.78 Å². The first-order valence-electron chi connectivity index (χ1n) is 10.3. The molecule has 32 heavy (non-hydrogen) atoms. The number of aryl methyl sites for hydroxylation is 1. The lowest BCUT2D eigenvalue weighted by Crippen LogP contribution is -2.04. The van der Waals surface area contributed by atoms with Gasteiger partial charge in [-0.25, -0.2) is 0 Å². The van der Waals surface area contributed by atoms with Gasteiger partial charge in [0, 0.05) is 12.0 Å². The predicted octanol–water partition coefficient (Wildman–Crippen LogP) is 5.12. The average Bonchev–Trinajstić information content (AvgIpc) is 2.85. The standard InChI is InChI=1S/C26H28O6/c1-28-22-13-11-20(16-23(22)32-17-18-8-6-5-7-9-18)21(27)12-10-19-14-24(29-2)26(31-4)25(15-19)30-3/h5-9,11,13-16H,10,12,17H2,1-4H3. The average molecular weight is 437 g/mol. The van der Waals surface area contributed by atoms with Gasteiger partial charge in [-0.3, -0.25) is 4.79 Å². The molecule has 0 spiro atoms. The van der Waals surface area contributed by atoms with Crippen LogP contribution in [0.25, 0.3) is 0 Å². The molecule has 0 unspecified atom stereocenters. The molecule has 3 aromatic rings. The van der Waals surface area contributed by atoms with Gasteiger partial charge in [0.15, 0.2) is 28.8 Å². The van der Waals surface area contributed by atoms with Crippen LogP contribution < -0.4 is 23.7 Å². The van der Waals surface area contributed by atoms with E-state index in [1.807, 2.05) is 42.5 Å². The van der Waals surface area contributed by atoms with Crippen LogP contribution in [0.1, 0.15) is 27.9 Å². The summed E-state index contributed by atoms with van der Waals surface area (Å²) < 4.78 is 27.5. The smallest absolute Gasteiger partial charge is 0.203 e. The van der Waals surface area contributed by atoms with E-state index < -0.39 is 0 Å². The van der Waals surface area contributed by atoms with Crippen LogP contribution in [0.4, 0.5) is 0 Å². The second-order valence-electron chi connectivity index (χ2n) is 7.10. The van der Waals surface area contributed by atoms with Gasteiger partial charge in [0.05, 0.1) is 28.4 Å². The first-order valence-corrected chi connectivity index (χ1v) is 10.3. The minimum Gasteiger partial charge on any atom is -0.493 e. The lowest BCUT2D eigenvalue weighted by atomic mass is 10.0. The van der Waals surface area contributed by atoms with Crippen LogP contribution in [0.3, 0.4) is 0 Å². The molecule has 6 heteroatoms. The lowest BCUT2D eigenvalue weighted by molar-refractivity contribution is 0.0982. The van der Waals surface area contributed by atoms with Gasteiger partial charge in [0.1, 0.15) is 6.61 Å². The molecule has 168 valence electrons. The van der Waals surface area contributed by atoms with Gasteiger partial charge in [0.25, 0.3) is 0 Å². The third-order valence-electron chi connectivity index (χ3n) is 5.09. The SMILES string of the molecule is COc1ccc(C(=O)CCc2cc(OC)c(OC)c(OC)c2)cc1OCc1ccccc1. The Bertz CT molecular complexity index is 1020. The van der Waals surface area contributed by atoms with Gasteiger partial charge in [-0.2, -0.15) is 0 Å². The quantitative estimate of drug-likeness (QED) is 0.389. The van der Waals surface area contributed by atoms with E-state index in [0.29, 0.717) is 53.8 Å². The number of benzene rings is 3. The maximum absolute atomic E-state index is 12.9. The van der Waals surface area contributed by atoms with Gasteiger partial charge in [-0.15, -0.1) is 0 Å². The van der Waals surface area contributed by atoms with Crippen molar-refractivity contribution in [3.8, 4) is 28.7 Å². The van der Waals surface area contributed by atoms with Gasteiger partial charge in [-0.1, -0.05) is 30.3 Å². The molecule has 0 amide bonds. The fourth-order valence-electron chi connectivity index (χ4n) is 3.38. The Morgan fingerprint density at radius 1 is 0.688 bits per heavy atom. The molecule has 0 radical (unpaired) electrons. The van der Waals surface area contributed by atoms with Crippen molar-refractivity contribution in [1.82, 2.24) is 0 Å². The van der Waals surface area contributed by atoms with Crippen molar-refractivity contribution in [2.24, 2.45) is 0 Å². The highest BCUT2D eigenvalue weighted by Gasteiger charge is 2.16. The van der Waals surface area contributed by atoms with Crippen molar-refractivity contribution >= 4 is 5.78 Å². The molecule has 0 aliphatic heterocycles. The fourth-order valence-corrected chi connectivity index (χ4v) is 3.38. The van der Waals surface area contributed by atoms with Gasteiger partial charge >= 0.3 is 0 Å². The maximum atomic E-state index is 12.9. The third kappa shape index (κ3) is 5.52. The molecule has 0 saturated carbocycles. The van der Waals surface area contributed by atoms with Crippen molar-refractivity contribution in [2.45, 2.75) is 19.4 Å². The van der Waals surface area contributed by atoms with Crippen LogP contribution in [-0.4, -0.2) is 34.2 Å². The molecule has 3 aromatic carbocycles. The highest BCUT2D eigenvalue weighted by molar-refractivity contribution is 5.96. The van der Waals surface area contributed by atoms with Crippen molar-refractivity contribution in [3.63, 3.8) is 0 Å². The molecule has 0 aliphatic carbocycles. The van der Waals surface area contributed by atoms with Crippen LogP contribution in [0, 0.1) is 0 Å². The summed E-state index contributed by atoms with van der Waals surface area (Å²) in [7, 11) is 6.28.